The Morgan fingerprint density at radius 1 is 1.32 bits per heavy atom. The van der Waals surface area contributed by atoms with Crippen LogP contribution in [-0.4, -0.2) is 19.6 Å². The van der Waals surface area contributed by atoms with Crippen molar-refractivity contribution in [3.8, 4) is 11.5 Å². The standard InChI is InChI=1S/C20H25NO4/c1-3-4-11-24-18-9-8-14(13-19(18)23-2)20(22)21-16-6-5-7-17-15(16)10-12-25-17/h8-10,12-13,16H,3-7,11H2,1-2H3,(H,21,22). The third-order valence-electron chi connectivity index (χ3n) is 4.54. The predicted octanol–water partition coefficient (Wildman–Crippen LogP) is 4.27. The van der Waals surface area contributed by atoms with E-state index in [9.17, 15) is 4.79 Å². The van der Waals surface area contributed by atoms with Crippen LogP contribution in [0.4, 0.5) is 0 Å². The molecule has 1 heterocycles. The van der Waals surface area contributed by atoms with Crippen molar-refractivity contribution in [2.45, 2.75) is 45.1 Å². The van der Waals surface area contributed by atoms with Gasteiger partial charge < -0.3 is 19.2 Å². The molecule has 1 N–H and O–H groups in total. The highest BCUT2D eigenvalue weighted by molar-refractivity contribution is 5.95. The number of fused-ring (bicyclic) bond motifs is 1. The number of furan rings is 1. The minimum Gasteiger partial charge on any atom is -0.493 e. The van der Waals surface area contributed by atoms with Crippen LogP contribution in [0.3, 0.4) is 0 Å². The molecule has 0 radical (unpaired) electrons. The van der Waals surface area contributed by atoms with Crippen molar-refractivity contribution in [3.05, 3.63) is 47.4 Å². The molecule has 0 spiro atoms. The number of methoxy groups -OCH3 is 1. The maximum Gasteiger partial charge on any atom is 0.251 e. The number of benzene rings is 1. The minimum atomic E-state index is -0.113. The largest absolute Gasteiger partial charge is 0.493 e. The Kier molecular flexibility index (Phi) is 5.64. The van der Waals surface area contributed by atoms with Crippen molar-refractivity contribution in [2.24, 2.45) is 0 Å². The molecule has 0 fully saturated rings. The number of carbonyl (C=O) groups is 1. The number of carbonyl (C=O) groups excluding carboxylic acids is 1. The van der Waals surface area contributed by atoms with Gasteiger partial charge in [-0.2, -0.15) is 0 Å². The lowest BCUT2D eigenvalue weighted by atomic mass is 9.93. The number of ether oxygens (including phenoxy) is 2. The second-order valence-electron chi connectivity index (χ2n) is 6.29. The molecule has 0 bridgehead atoms. The Hall–Kier alpha value is -2.43. The van der Waals surface area contributed by atoms with Crippen LogP contribution >= 0.6 is 0 Å². The summed E-state index contributed by atoms with van der Waals surface area (Å²) in [4.78, 5) is 12.6. The molecular formula is C20H25NO4. The first-order valence-electron chi connectivity index (χ1n) is 8.91. The zero-order valence-corrected chi connectivity index (χ0v) is 14.8. The van der Waals surface area contributed by atoms with Gasteiger partial charge in [0.2, 0.25) is 0 Å². The number of nitrogens with one attached hydrogen (secondary N) is 1. The van der Waals surface area contributed by atoms with Crippen molar-refractivity contribution in [2.75, 3.05) is 13.7 Å². The molecule has 25 heavy (non-hydrogen) atoms. The molecule has 2 aromatic rings. The van der Waals surface area contributed by atoms with Crippen molar-refractivity contribution in [3.63, 3.8) is 0 Å². The maximum absolute atomic E-state index is 12.6. The molecule has 134 valence electrons. The van der Waals surface area contributed by atoms with Crippen molar-refractivity contribution >= 4 is 5.91 Å². The molecule has 0 saturated heterocycles. The van der Waals surface area contributed by atoms with Crippen molar-refractivity contribution in [1.82, 2.24) is 5.32 Å². The van der Waals surface area contributed by atoms with Gasteiger partial charge in [-0.05, 0) is 43.5 Å². The van der Waals surface area contributed by atoms with Crippen LogP contribution < -0.4 is 14.8 Å². The van der Waals surface area contributed by atoms with Gasteiger partial charge in [-0.3, -0.25) is 4.79 Å². The van der Waals surface area contributed by atoms with E-state index in [1.165, 1.54) is 0 Å². The number of aryl methyl sites for hydroxylation is 1. The van der Waals surface area contributed by atoms with Crippen molar-refractivity contribution < 1.29 is 18.7 Å². The number of hydrogen-bond donors (Lipinski definition) is 1. The van der Waals surface area contributed by atoms with Gasteiger partial charge >= 0.3 is 0 Å². The molecular weight excluding hydrogens is 318 g/mol. The summed E-state index contributed by atoms with van der Waals surface area (Å²) < 4.78 is 16.6. The van der Waals surface area contributed by atoms with Crippen LogP contribution in [0.5, 0.6) is 11.5 Å². The minimum absolute atomic E-state index is 0.00137. The Morgan fingerprint density at radius 3 is 3.00 bits per heavy atom. The Balaban J connectivity index is 1.70. The predicted molar refractivity (Wildman–Crippen MR) is 95.3 cm³/mol. The number of hydrogen-bond acceptors (Lipinski definition) is 4. The highest BCUT2D eigenvalue weighted by Crippen LogP contribution is 2.32. The smallest absolute Gasteiger partial charge is 0.251 e. The normalized spacial score (nSPS) is 16.2. The monoisotopic (exact) mass is 343 g/mol. The van der Waals surface area contributed by atoms with E-state index in [0.717, 1.165) is 43.4 Å². The van der Waals surface area contributed by atoms with E-state index in [-0.39, 0.29) is 11.9 Å². The van der Waals surface area contributed by atoms with Crippen LogP contribution in [0.25, 0.3) is 0 Å². The summed E-state index contributed by atoms with van der Waals surface area (Å²) >= 11 is 0. The molecule has 1 unspecified atom stereocenters. The first kappa shape index (κ1) is 17.4. The molecule has 1 amide bonds. The van der Waals surface area contributed by atoms with Gasteiger partial charge in [-0.1, -0.05) is 13.3 Å². The molecule has 3 rings (SSSR count). The summed E-state index contributed by atoms with van der Waals surface area (Å²) in [5.74, 6) is 2.12. The zero-order chi connectivity index (χ0) is 17.6. The van der Waals surface area contributed by atoms with Gasteiger partial charge in [-0.25, -0.2) is 0 Å². The molecule has 5 nitrogen and oxygen atoms in total. The van der Waals surface area contributed by atoms with E-state index in [0.29, 0.717) is 23.7 Å². The molecule has 1 aliphatic rings. The first-order chi connectivity index (χ1) is 12.2. The highest BCUT2D eigenvalue weighted by Gasteiger charge is 2.24. The van der Waals surface area contributed by atoms with Gasteiger partial charge in [0.1, 0.15) is 5.76 Å². The van der Waals surface area contributed by atoms with Crippen LogP contribution in [-0.2, 0) is 6.42 Å². The number of amides is 1. The van der Waals surface area contributed by atoms with Gasteiger partial charge in [0.25, 0.3) is 5.91 Å². The first-order valence-corrected chi connectivity index (χ1v) is 8.91. The SMILES string of the molecule is CCCCOc1ccc(C(=O)NC2CCCc3occc32)cc1OC. The van der Waals surface area contributed by atoms with Gasteiger partial charge in [0.15, 0.2) is 11.5 Å². The molecule has 1 aromatic carbocycles. The van der Waals surface area contributed by atoms with E-state index < -0.39 is 0 Å². The van der Waals surface area contributed by atoms with Crippen LogP contribution in [0.2, 0.25) is 0 Å². The van der Waals surface area contributed by atoms with E-state index in [2.05, 4.69) is 12.2 Å². The van der Waals surface area contributed by atoms with E-state index in [1.807, 2.05) is 6.07 Å². The van der Waals surface area contributed by atoms with Crippen LogP contribution in [0, 0.1) is 0 Å². The fourth-order valence-corrected chi connectivity index (χ4v) is 3.13. The van der Waals surface area contributed by atoms with Crippen LogP contribution in [0.15, 0.2) is 34.9 Å². The second kappa shape index (κ2) is 8.10. The summed E-state index contributed by atoms with van der Waals surface area (Å²) in [6.45, 7) is 2.76. The third kappa shape index (κ3) is 3.98. The molecule has 1 aromatic heterocycles. The average Bonchev–Trinajstić information content (AvgIpc) is 3.12. The lowest BCUT2D eigenvalue weighted by molar-refractivity contribution is 0.0932. The van der Waals surface area contributed by atoms with E-state index in [1.54, 1.807) is 31.6 Å². The quantitative estimate of drug-likeness (QED) is 0.763. The topological polar surface area (TPSA) is 60.7 Å². The number of rotatable bonds is 7. The Morgan fingerprint density at radius 2 is 2.20 bits per heavy atom. The fourth-order valence-electron chi connectivity index (χ4n) is 3.13. The average molecular weight is 343 g/mol. The summed E-state index contributed by atoms with van der Waals surface area (Å²) in [5.41, 5.74) is 1.65. The highest BCUT2D eigenvalue weighted by atomic mass is 16.5. The summed E-state index contributed by atoms with van der Waals surface area (Å²) in [5, 5.41) is 3.11. The summed E-state index contributed by atoms with van der Waals surface area (Å²) in [7, 11) is 1.59. The second-order valence-corrected chi connectivity index (χ2v) is 6.29. The number of unbranched alkanes of at least 4 members (excludes halogenated alkanes) is 1. The maximum atomic E-state index is 12.6. The van der Waals surface area contributed by atoms with Gasteiger partial charge in [-0.15, -0.1) is 0 Å². The molecule has 1 aliphatic carbocycles. The summed E-state index contributed by atoms with van der Waals surface area (Å²) in [6, 6.07) is 7.26. The van der Waals surface area contributed by atoms with Crippen LogP contribution in [0.1, 0.15) is 60.3 Å². The van der Waals surface area contributed by atoms with Crippen molar-refractivity contribution in [1.29, 1.82) is 0 Å². The molecule has 1 atom stereocenters. The Labute approximate surface area is 148 Å². The third-order valence-corrected chi connectivity index (χ3v) is 4.54. The lowest BCUT2D eigenvalue weighted by Crippen LogP contribution is -2.30. The zero-order valence-electron chi connectivity index (χ0n) is 14.8. The lowest BCUT2D eigenvalue weighted by Gasteiger charge is -2.23. The van der Waals surface area contributed by atoms with Gasteiger partial charge in [0, 0.05) is 17.5 Å². The van der Waals surface area contributed by atoms with E-state index >= 15 is 0 Å². The summed E-state index contributed by atoms with van der Waals surface area (Å²) in [6.07, 6.45) is 6.62. The fraction of sp³-hybridized carbons (Fsp3) is 0.450. The molecule has 5 heteroatoms. The Bertz CT molecular complexity index is 722. The van der Waals surface area contributed by atoms with Gasteiger partial charge in [0.05, 0.1) is 26.0 Å². The van der Waals surface area contributed by atoms with E-state index in [4.69, 9.17) is 13.9 Å². The molecule has 0 aliphatic heterocycles. The molecule has 0 saturated carbocycles.